The highest BCUT2D eigenvalue weighted by Crippen LogP contribution is 2.31. The minimum absolute atomic E-state index is 0.0851. The summed E-state index contributed by atoms with van der Waals surface area (Å²) in [7, 11) is 3.05. The second-order valence-corrected chi connectivity index (χ2v) is 3.55. The quantitative estimate of drug-likeness (QED) is 0.588. The monoisotopic (exact) mass is 242 g/mol. The Kier molecular flexibility index (Phi) is 4.62. The second-order valence-electron chi connectivity index (χ2n) is 3.29. The number of carbonyl (C=O) groups excluding carboxylic acids is 1. The summed E-state index contributed by atoms with van der Waals surface area (Å²) in [6.07, 6.45) is 0.849. The SMILES string of the molecule is CCc1cc(OC)c(C(=O)CCl)c(OC)c1. The smallest absolute Gasteiger partial charge is 0.185 e. The normalized spacial score (nSPS) is 10.0. The van der Waals surface area contributed by atoms with E-state index in [0.29, 0.717) is 17.1 Å². The van der Waals surface area contributed by atoms with Crippen LogP contribution in [0.25, 0.3) is 0 Å². The highest BCUT2D eigenvalue weighted by atomic mass is 35.5. The fourth-order valence-electron chi connectivity index (χ4n) is 1.51. The Bertz CT molecular complexity index is 363. The van der Waals surface area contributed by atoms with E-state index in [4.69, 9.17) is 21.1 Å². The van der Waals surface area contributed by atoms with Crippen LogP contribution in [0, 0.1) is 0 Å². The summed E-state index contributed by atoms with van der Waals surface area (Å²) >= 11 is 5.56. The maximum Gasteiger partial charge on any atom is 0.185 e. The van der Waals surface area contributed by atoms with Crippen molar-refractivity contribution in [2.75, 3.05) is 20.1 Å². The zero-order chi connectivity index (χ0) is 12.1. The number of benzene rings is 1. The van der Waals surface area contributed by atoms with E-state index >= 15 is 0 Å². The van der Waals surface area contributed by atoms with Gasteiger partial charge in [0, 0.05) is 0 Å². The molecule has 0 saturated carbocycles. The summed E-state index contributed by atoms with van der Waals surface area (Å²) in [5.41, 5.74) is 1.47. The van der Waals surface area contributed by atoms with Crippen LogP contribution in [0.1, 0.15) is 22.8 Å². The minimum Gasteiger partial charge on any atom is -0.496 e. The van der Waals surface area contributed by atoms with Crippen molar-refractivity contribution in [3.63, 3.8) is 0 Å². The summed E-state index contributed by atoms with van der Waals surface area (Å²) in [4.78, 5) is 11.7. The van der Waals surface area contributed by atoms with Crippen molar-refractivity contribution in [3.8, 4) is 11.5 Å². The van der Waals surface area contributed by atoms with Crippen LogP contribution in [-0.2, 0) is 6.42 Å². The first-order chi connectivity index (χ1) is 7.67. The number of hydrogen-bond acceptors (Lipinski definition) is 3. The molecule has 0 aliphatic carbocycles. The molecule has 0 amide bonds. The molecule has 1 aromatic carbocycles. The lowest BCUT2D eigenvalue weighted by atomic mass is 10.0. The van der Waals surface area contributed by atoms with Crippen molar-refractivity contribution in [1.29, 1.82) is 0 Å². The van der Waals surface area contributed by atoms with E-state index in [0.717, 1.165) is 12.0 Å². The summed E-state index contributed by atoms with van der Waals surface area (Å²) in [5.74, 6) is 0.750. The van der Waals surface area contributed by atoms with Gasteiger partial charge in [-0.15, -0.1) is 11.6 Å². The first kappa shape index (κ1) is 12.8. The fourth-order valence-corrected chi connectivity index (χ4v) is 1.65. The third-order valence-corrected chi connectivity index (χ3v) is 2.62. The maximum absolute atomic E-state index is 11.7. The molecule has 0 bridgehead atoms. The summed E-state index contributed by atoms with van der Waals surface area (Å²) in [6.45, 7) is 2.03. The molecular weight excluding hydrogens is 228 g/mol. The van der Waals surface area contributed by atoms with Crippen LogP contribution < -0.4 is 9.47 Å². The van der Waals surface area contributed by atoms with Gasteiger partial charge in [0.05, 0.1) is 20.1 Å². The van der Waals surface area contributed by atoms with Gasteiger partial charge >= 0.3 is 0 Å². The molecule has 1 rings (SSSR count). The fraction of sp³-hybridized carbons (Fsp3) is 0.417. The molecule has 4 heteroatoms. The second kappa shape index (κ2) is 5.75. The number of alkyl halides is 1. The zero-order valence-corrected chi connectivity index (χ0v) is 10.4. The van der Waals surface area contributed by atoms with E-state index in [1.54, 1.807) is 0 Å². The van der Waals surface area contributed by atoms with Gasteiger partial charge in [0.2, 0.25) is 0 Å². The topological polar surface area (TPSA) is 35.5 Å². The number of ether oxygens (including phenoxy) is 2. The highest BCUT2D eigenvalue weighted by Gasteiger charge is 2.18. The molecule has 0 heterocycles. The molecule has 0 atom stereocenters. The zero-order valence-electron chi connectivity index (χ0n) is 9.67. The lowest BCUT2D eigenvalue weighted by Gasteiger charge is -2.13. The lowest BCUT2D eigenvalue weighted by Crippen LogP contribution is -2.07. The summed E-state index contributed by atoms with van der Waals surface area (Å²) in [6, 6.07) is 3.67. The Morgan fingerprint density at radius 3 is 2.06 bits per heavy atom. The van der Waals surface area contributed by atoms with Gasteiger partial charge in [0.15, 0.2) is 5.78 Å². The van der Waals surface area contributed by atoms with Gasteiger partial charge in [-0.1, -0.05) is 6.92 Å². The van der Waals surface area contributed by atoms with E-state index in [1.807, 2.05) is 19.1 Å². The summed E-state index contributed by atoms with van der Waals surface area (Å²) < 4.78 is 10.4. The van der Waals surface area contributed by atoms with Gasteiger partial charge in [0.25, 0.3) is 0 Å². The first-order valence-corrected chi connectivity index (χ1v) is 5.55. The molecule has 0 spiro atoms. The number of Topliss-reactive ketones (excluding diaryl/α,β-unsaturated/α-hetero) is 1. The number of rotatable bonds is 5. The Balaban J connectivity index is 3.37. The molecule has 0 aliphatic rings. The number of aryl methyl sites for hydroxylation is 1. The van der Waals surface area contributed by atoms with Crippen LogP contribution in [0.15, 0.2) is 12.1 Å². The van der Waals surface area contributed by atoms with Gasteiger partial charge in [-0.2, -0.15) is 0 Å². The number of carbonyl (C=O) groups is 1. The first-order valence-electron chi connectivity index (χ1n) is 5.02. The number of methoxy groups -OCH3 is 2. The van der Waals surface area contributed by atoms with Crippen molar-refractivity contribution in [2.24, 2.45) is 0 Å². The van der Waals surface area contributed by atoms with Crippen molar-refractivity contribution >= 4 is 17.4 Å². The average Bonchev–Trinajstić information content (AvgIpc) is 2.35. The molecular formula is C12H15ClO3. The molecule has 0 aliphatic heterocycles. The number of hydrogen-bond donors (Lipinski definition) is 0. The van der Waals surface area contributed by atoms with Crippen LogP contribution in [0.5, 0.6) is 11.5 Å². The maximum atomic E-state index is 11.7. The van der Waals surface area contributed by atoms with Crippen molar-refractivity contribution in [3.05, 3.63) is 23.3 Å². The third-order valence-electron chi connectivity index (χ3n) is 2.37. The van der Waals surface area contributed by atoms with E-state index in [9.17, 15) is 4.79 Å². The molecule has 3 nitrogen and oxygen atoms in total. The van der Waals surface area contributed by atoms with E-state index in [1.165, 1.54) is 14.2 Å². The van der Waals surface area contributed by atoms with E-state index in [-0.39, 0.29) is 11.7 Å². The molecule has 16 heavy (non-hydrogen) atoms. The van der Waals surface area contributed by atoms with E-state index in [2.05, 4.69) is 0 Å². The Hall–Kier alpha value is -1.22. The van der Waals surface area contributed by atoms with Crippen LogP contribution in [0.3, 0.4) is 0 Å². The average molecular weight is 243 g/mol. The van der Waals surface area contributed by atoms with Crippen LogP contribution in [0.2, 0.25) is 0 Å². The van der Waals surface area contributed by atoms with Gasteiger partial charge in [-0.3, -0.25) is 4.79 Å². The molecule has 0 unspecified atom stereocenters. The molecule has 0 aromatic heterocycles. The third kappa shape index (κ3) is 2.47. The Morgan fingerprint density at radius 2 is 1.75 bits per heavy atom. The van der Waals surface area contributed by atoms with Crippen LogP contribution in [0.4, 0.5) is 0 Å². The molecule has 88 valence electrons. The largest absolute Gasteiger partial charge is 0.496 e. The molecule has 1 aromatic rings. The van der Waals surface area contributed by atoms with Gasteiger partial charge in [0.1, 0.15) is 17.1 Å². The van der Waals surface area contributed by atoms with Crippen molar-refractivity contribution < 1.29 is 14.3 Å². The van der Waals surface area contributed by atoms with Crippen LogP contribution >= 0.6 is 11.6 Å². The number of halogens is 1. The van der Waals surface area contributed by atoms with Crippen molar-refractivity contribution in [2.45, 2.75) is 13.3 Å². The standard InChI is InChI=1S/C12H15ClO3/c1-4-8-5-10(15-2)12(9(14)7-13)11(6-8)16-3/h5-6H,4,7H2,1-3H3. The summed E-state index contributed by atoms with van der Waals surface area (Å²) in [5, 5.41) is 0. The number of ketones is 1. The van der Waals surface area contributed by atoms with Crippen molar-refractivity contribution in [1.82, 2.24) is 0 Å². The molecule has 0 N–H and O–H groups in total. The minimum atomic E-state index is -0.196. The van der Waals surface area contributed by atoms with Gasteiger partial charge < -0.3 is 9.47 Å². The molecule has 0 radical (unpaired) electrons. The lowest BCUT2D eigenvalue weighted by molar-refractivity contribution is 0.101. The van der Waals surface area contributed by atoms with Gasteiger partial charge in [-0.25, -0.2) is 0 Å². The van der Waals surface area contributed by atoms with Crippen LogP contribution in [-0.4, -0.2) is 25.9 Å². The highest BCUT2D eigenvalue weighted by molar-refractivity contribution is 6.31. The Labute approximate surface area is 100 Å². The van der Waals surface area contributed by atoms with Gasteiger partial charge in [-0.05, 0) is 24.1 Å². The molecule has 0 saturated heterocycles. The predicted molar refractivity (Wildman–Crippen MR) is 64.0 cm³/mol. The Morgan fingerprint density at radius 1 is 1.25 bits per heavy atom. The van der Waals surface area contributed by atoms with E-state index < -0.39 is 0 Å². The predicted octanol–water partition coefficient (Wildman–Crippen LogP) is 2.69. The molecule has 0 fully saturated rings.